The van der Waals surface area contributed by atoms with Crippen molar-refractivity contribution in [2.45, 2.75) is 19.3 Å². The summed E-state index contributed by atoms with van der Waals surface area (Å²) in [6, 6.07) is 10.2. The third-order valence-corrected chi connectivity index (χ3v) is 5.41. The number of carbonyl (C=O) groups excluding carboxylic acids is 2. The SMILES string of the molecule is Cc1cc(N2C=C(C(=O)O)[C@H](c3ccc(F)cc3)CC2=O)c(-n2cccn2)cc1C(N)=O. The maximum atomic E-state index is 13.3. The molecule has 1 aliphatic rings. The number of carboxylic acid groups (broad SMARTS) is 1. The molecule has 9 heteroatoms. The van der Waals surface area contributed by atoms with Gasteiger partial charge in [0.1, 0.15) is 5.82 Å². The van der Waals surface area contributed by atoms with E-state index in [2.05, 4.69) is 5.10 Å². The van der Waals surface area contributed by atoms with E-state index in [0.717, 1.165) is 0 Å². The average molecular weight is 434 g/mol. The molecule has 2 amide bonds. The third kappa shape index (κ3) is 3.76. The third-order valence-electron chi connectivity index (χ3n) is 5.41. The van der Waals surface area contributed by atoms with E-state index in [-0.39, 0.29) is 23.5 Å². The Morgan fingerprint density at radius 2 is 1.91 bits per heavy atom. The number of carbonyl (C=O) groups is 3. The molecule has 0 aliphatic carbocycles. The summed E-state index contributed by atoms with van der Waals surface area (Å²) in [5, 5.41) is 14.0. The van der Waals surface area contributed by atoms with Gasteiger partial charge in [-0.3, -0.25) is 14.5 Å². The largest absolute Gasteiger partial charge is 0.478 e. The summed E-state index contributed by atoms with van der Waals surface area (Å²) in [6.45, 7) is 1.67. The molecule has 0 unspecified atom stereocenters. The zero-order valence-corrected chi connectivity index (χ0v) is 17.0. The summed E-state index contributed by atoms with van der Waals surface area (Å²) in [4.78, 5) is 38.3. The van der Waals surface area contributed by atoms with Crippen LogP contribution in [0.15, 0.2) is 66.6 Å². The lowest BCUT2D eigenvalue weighted by molar-refractivity contribution is -0.133. The number of hydrogen-bond acceptors (Lipinski definition) is 4. The number of rotatable bonds is 5. The zero-order valence-electron chi connectivity index (χ0n) is 17.0. The second-order valence-corrected chi connectivity index (χ2v) is 7.43. The lowest BCUT2D eigenvalue weighted by Gasteiger charge is -2.31. The fourth-order valence-corrected chi connectivity index (χ4v) is 3.82. The van der Waals surface area contributed by atoms with Gasteiger partial charge in [-0.1, -0.05) is 12.1 Å². The van der Waals surface area contributed by atoms with E-state index in [9.17, 15) is 23.9 Å². The molecule has 2 aromatic carbocycles. The smallest absolute Gasteiger partial charge is 0.333 e. The number of halogens is 1. The first-order valence-corrected chi connectivity index (χ1v) is 9.73. The highest BCUT2D eigenvalue weighted by atomic mass is 19.1. The van der Waals surface area contributed by atoms with Crippen molar-refractivity contribution in [2.75, 3.05) is 4.90 Å². The molecule has 1 aliphatic heterocycles. The molecular weight excluding hydrogens is 415 g/mol. The van der Waals surface area contributed by atoms with Gasteiger partial charge in [0.15, 0.2) is 0 Å². The van der Waals surface area contributed by atoms with Gasteiger partial charge in [-0.05, 0) is 48.4 Å². The Bertz CT molecular complexity index is 1250. The molecule has 0 bridgehead atoms. The minimum absolute atomic E-state index is 0.0146. The van der Waals surface area contributed by atoms with Gasteiger partial charge in [0, 0.05) is 36.5 Å². The number of carboxylic acids is 1. The van der Waals surface area contributed by atoms with E-state index in [1.807, 2.05) is 0 Å². The summed E-state index contributed by atoms with van der Waals surface area (Å²) >= 11 is 0. The molecule has 0 radical (unpaired) electrons. The lowest BCUT2D eigenvalue weighted by atomic mass is 9.85. The van der Waals surface area contributed by atoms with Gasteiger partial charge in [0.25, 0.3) is 0 Å². The molecule has 32 heavy (non-hydrogen) atoms. The van der Waals surface area contributed by atoms with E-state index in [1.54, 1.807) is 25.3 Å². The van der Waals surface area contributed by atoms with E-state index in [1.165, 1.54) is 52.3 Å². The number of aryl methyl sites for hydroxylation is 1. The molecule has 4 rings (SSSR count). The predicted octanol–water partition coefficient (Wildman–Crippen LogP) is 2.91. The molecule has 2 heterocycles. The van der Waals surface area contributed by atoms with Crippen molar-refractivity contribution in [1.82, 2.24) is 9.78 Å². The van der Waals surface area contributed by atoms with Gasteiger partial charge in [-0.25, -0.2) is 13.9 Å². The first kappa shape index (κ1) is 21.0. The molecule has 8 nitrogen and oxygen atoms in total. The van der Waals surface area contributed by atoms with Crippen LogP contribution in [0.1, 0.15) is 33.8 Å². The van der Waals surface area contributed by atoms with E-state index < -0.39 is 23.6 Å². The van der Waals surface area contributed by atoms with Gasteiger partial charge >= 0.3 is 5.97 Å². The molecule has 1 atom stereocenters. The monoisotopic (exact) mass is 434 g/mol. The minimum Gasteiger partial charge on any atom is -0.478 e. The number of hydrogen-bond donors (Lipinski definition) is 2. The van der Waals surface area contributed by atoms with E-state index >= 15 is 0 Å². The Hall–Kier alpha value is -4.27. The second-order valence-electron chi connectivity index (χ2n) is 7.43. The van der Waals surface area contributed by atoms with Crippen LogP contribution in [-0.4, -0.2) is 32.7 Å². The molecular formula is C23H19FN4O4. The first-order chi connectivity index (χ1) is 15.3. The zero-order chi connectivity index (χ0) is 23.0. The predicted molar refractivity (Wildman–Crippen MR) is 114 cm³/mol. The topological polar surface area (TPSA) is 119 Å². The Balaban J connectivity index is 1.87. The van der Waals surface area contributed by atoms with Crippen LogP contribution in [0, 0.1) is 12.7 Å². The van der Waals surface area contributed by atoms with Gasteiger partial charge < -0.3 is 10.8 Å². The van der Waals surface area contributed by atoms with Crippen LogP contribution in [0.25, 0.3) is 5.69 Å². The summed E-state index contributed by atoms with van der Waals surface area (Å²) < 4.78 is 14.8. The number of benzene rings is 2. The number of amides is 2. The maximum Gasteiger partial charge on any atom is 0.333 e. The number of nitrogens with two attached hydrogens (primary N) is 1. The molecule has 0 saturated carbocycles. The second kappa shape index (κ2) is 8.10. The average Bonchev–Trinajstić information content (AvgIpc) is 3.28. The van der Waals surface area contributed by atoms with Crippen molar-refractivity contribution in [3.63, 3.8) is 0 Å². The fraction of sp³-hybridized carbons (Fsp3) is 0.130. The lowest BCUT2D eigenvalue weighted by Crippen LogP contribution is -2.35. The summed E-state index contributed by atoms with van der Waals surface area (Å²) in [7, 11) is 0. The van der Waals surface area contributed by atoms with Crippen molar-refractivity contribution >= 4 is 23.5 Å². The van der Waals surface area contributed by atoms with Crippen LogP contribution in [0.4, 0.5) is 10.1 Å². The fourth-order valence-electron chi connectivity index (χ4n) is 3.82. The minimum atomic E-state index is -1.19. The highest BCUT2D eigenvalue weighted by Crippen LogP contribution is 2.37. The number of primary amides is 1. The number of aliphatic carboxylic acids is 1. The Morgan fingerprint density at radius 1 is 1.19 bits per heavy atom. The van der Waals surface area contributed by atoms with Crippen molar-refractivity contribution in [1.29, 1.82) is 0 Å². The molecule has 162 valence electrons. The molecule has 3 aromatic rings. The molecule has 0 saturated heterocycles. The molecule has 0 spiro atoms. The van der Waals surface area contributed by atoms with Gasteiger partial charge in [-0.15, -0.1) is 0 Å². The molecule has 0 fully saturated rings. The number of aromatic nitrogens is 2. The van der Waals surface area contributed by atoms with Crippen molar-refractivity contribution in [3.8, 4) is 5.69 Å². The van der Waals surface area contributed by atoms with Crippen LogP contribution in [0.5, 0.6) is 0 Å². The highest BCUT2D eigenvalue weighted by Gasteiger charge is 2.34. The van der Waals surface area contributed by atoms with Crippen LogP contribution in [0.3, 0.4) is 0 Å². The number of nitrogens with zero attached hydrogens (tertiary/aromatic N) is 3. The Kier molecular flexibility index (Phi) is 5.31. The van der Waals surface area contributed by atoms with Crippen molar-refractivity contribution < 1.29 is 23.9 Å². The summed E-state index contributed by atoms with van der Waals surface area (Å²) in [5.74, 6) is -3.36. The standard InChI is InChI=1S/C23H19FN4O4/c1-13-9-19(20(10-16(13)22(25)30)28-8-2-7-26-28)27-12-18(23(31)32)17(11-21(27)29)14-3-5-15(24)6-4-14/h2-10,12,17H,11H2,1H3,(H2,25,30)(H,31,32)/t17-/m0/s1. The van der Waals surface area contributed by atoms with Crippen LogP contribution >= 0.6 is 0 Å². The quantitative estimate of drug-likeness (QED) is 0.640. The van der Waals surface area contributed by atoms with E-state index in [0.29, 0.717) is 22.5 Å². The normalized spacial score (nSPS) is 16.1. The van der Waals surface area contributed by atoms with E-state index in [4.69, 9.17) is 5.73 Å². The molecule has 1 aromatic heterocycles. The van der Waals surface area contributed by atoms with Crippen LogP contribution in [-0.2, 0) is 9.59 Å². The number of anilines is 1. The Labute approximate surface area is 182 Å². The van der Waals surface area contributed by atoms with Gasteiger partial charge in [0.2, 0.25) is 11.8 Å². The van der Waals surface area contributed by atoms with Gasteiger partial charge in [-0.2, -0.15) is 5.10 Å². The van der Waals surface area contributed by atoms with Crippen molar-refractivity contribution in [2.24, 2.45) is 5.73 Å². The summed E-state index contributed by atoms with van der Waals surface area (Å²) in [6.07, 6.45) is 4.32. The maximum absolute atomic E-state index is 13.3. The molecule has 3 N–H and O–H groups in total. The van der Waals surface area contributed by atoms with Gasteiger partial charge in [0.05, 0.1) is 16.9 Å². The summed E-state index contributed by atoms with van der Waals surface area (Å²) in [5.41, 5.74) is 7.54. The Morgan fingerprint density at radius 3 is 2.50 bits per heavy atom. The van der Waals surface area contributed by atoms with Crippen LogP contribution < -0.4 is 10.6 Å². The van der Waals surface area contributed by atoms with Crippen molar-refractivity contribution in [3.05, 3.63) is 89.1 Å². The highest BCUT2D eigenvalue weighted by molar-refractivity contribution is 6.04. The van der Waals surface area contributed by atoms with Crippen LogP contribution in [0.2, 0.25) is 0 Å². The first-order valence-electron chi connectivity index (χ1n) is 9.73.